The van der Waals surface area contributed by atoms with Crippen LogP contribution in [0.15, 0.2) is 37.1 Å². The van der Waals surface area contributed by atoms with Gasteiger partial charge in [-0.15, -0.1) is 0 Å². The summed E-state index contributed by atoms with van der Waals surface area (Å²) in [7, 11) is 0. The van der Waals surface area contributed by atoms with Gasteiger partial charge >= 0.3 is 0 Å². The van der Waals surface area contributed by atoms with Crippen molar-refractivity contribution >= 4 is 5.91 Å². The highest BCUT2D eigenvalue weighted by atomic mass is 16.3. The first-order valence-corrected chi connectivity index (χ1v) is 6.04. The average Bonchev–Trinajstić information content (AvgIpc) is 2.89. The van der Waals surface area contributed by atoms with Crippen LogP contribution < -0.4 is 5.32 Å². The lowest BCUT2D eigenvalue weighted by Crippen LogP contribution is -2.30. The molecule has 6 nitrogen and oxygen atoms in total. The summed E-state index contributed by atoms with van der Waals surface area (Å²) in [5.41, 5.74) is 0.0531. The highest BCUT2D eigenvalue weighted by Gasteiger charge is 2.13. The summed E-state index contributed by atoms with van der Waals surface area (Å²) < 4.78 is 1.95. The predicted octanol–water partition coefficient (Wildman–Crippen LogP) is 1.05. The van der Waals surface area contributed by atoms with Gasteiger partial charge < -0.3 is 15.0 Å². The fraction of sp³-hybridized carbons (Fsp3) is 0.308. The lowest BCUT2D eigenvalue weighted by molar-refractivity contribution is 0.0939. The fourth-order valence-electron chi connectivity index (χ4n) is 1.74. The number of carbonyl (C=O) groups excluding carboxylic acids is 1. The number of nitrogens with one attached hydrogen (secondary N) is 1. The topological polar surface area (TPSA) is 80.0 Å². The Morgan fingerprint density at radius 2 is 2.37 bits per heavy atom. The zero-order valence-electron chi connectivity index (χ0n) is 10.7. The monoisotopic (exact) mass is 260 g/mol. The molecule has 6 heteroatoms. The minimum atomic E-state index is -0.365. The second-order valence-corrected chi connectivity index (χ2v) is 4.45. The molecule has 2 heterocycles. The van der Waals surface area contributed by atoms with Crippen molar-refractivity contribution in [2.45, 2.75) is 13.5 Å². The number of hydrogen-bond acceptors (Lipinski definition) is 4. The Morgan fingerprint density at radius 1 is 1.53 bits per heavy atom. The van der Waals surface area contributed by atoms with E-state index in [1.54, 1.807) is 18.6 Å². The molecule has 1 atom stereocenters. The van der Waals surface area contributed by atoms with E-state index in [-0.39, 0.29) is 23.3 Å². The summed E-state index contributed by atoms with van der Waals surface area (Å²) in [5, 5.41) is 12.3. The molecule has 0 bridgehead atoms. The Hall–Kier alpha value is -2.37. The summed E-state index contributed by atoms with van der Waals surface area (Å²) in [6, 6.07) is 3.02. The van der Waals surface area contributed by atoms with Crippen LogP contribution in [0.2, 0.25) is 0 Å². The summed E-state index contributed by atoms with van der Waals surface area (Å²) >= 11 is 0. The van der Waals surface area contributed by atoms with Crippen molar-refractivity contribution < 1.29 is 9.90 Å². The lowest BCUT2D eigenvalue weighted by atomic mass is 10.2. The van der Waals surface area contributed by atoms with Crippen LogP contribution >= 0.6 is 0 Å². The SMILES string of the molecule is C[C@H](CNC(=O)c1ncccc1O)Cn1ccnc1. The largest absolute Gasteiger partial charge is 0.505 e. The normalized spacial score (nSPS) is 12.1. The first-order valence-electron chi connectivity index (χ1n) is 6.04. The van der Waals surface area contributed by atoms with Crippen LogP contribution in [0.1, 0.15) is 17.4 Å². The number of aromatic hydroxyl groups is 1. The molecule has 2 N–H and O–H groups in total. The minimum absolute atomic E-state index is 0.0531. The molecule has 19 heavy (non-hydrogen) atoms. The predicted molar refractivity (Wildman–Crippen MR) is 69.6 cm³/mol. The molecule has 0 spiro atoms. The molecule has 0 aromatic carbocycles. The number of amides is 1. The van der Waals surface area contributed by atoms with Crippen molar-refractivity contribution in [3.63, 3.8) is 0 Å². The number of carbonyl (C=O) groups is 1. The van der Waals surface area contributed by atoms with Gasteiger partial charge in [0.25, 0.3) is 5.91 Å². The van der Waals surface area contributed by atoms with Gasteiger partial charge in [0.1, 0.15) is 5.75 Å². The Bertz CT molecular complexity index is 539. The van der Waals surface area contributed by atoms with Gasteiger partial charge in [-0.3, -0.25) is 4.79 Å². The third kappa shape index (κ3) is 3.54. The number of imidazole rings is 1. The van der Waals surface area contributed by atoms with Gasteiger partial charge in [0.2, 0.25) is 0 Å². The van der Waals surface area contributed by atoms with Crippen LogP contribution in [0.4, 0.5) is 0 Å². The van der Waals surface area contributed by atoms with Crippen molar-refractivity contribution in [2.24, 2.45) is 5.92 Å². The number of aromatic nitrogens is 3. The number of rotatable bonds is 5. The van der Waals surface area contributed by atoms with E-state index in [0.717, 1.165) is 6.54 Å². The van der Waals surface area contributed by atoms with Crippen molar-refractivity contribution in [3.05, 3.63) is 42.7 Å². The van der Waals surface area contributed by atoms with Crippen molar-refractivity contribution in [1.82, 2.24) is 19.9 Å². The Kier molecular flexibility index (Phi) is 4.12. The molecular formula is C13H16N4O2. The van der Waals surface area contributed by atoms with Crippen LogP contribution in [0.25, 0.3) is 0 Å². The summed E-state index contributed by atoms with van der Waals surface area (Å²) in [6.45, 7) is 3.31. The molecule has 0 fully saturated rings. The molecule has 100 valence electrons. The lowest BCUT2D eigenvalue weighted by Gasteiger charge is -2.13. The van der Waals surface area contributed by atoms with Gasteiger partial charge in [0.15, 0.2) is 5.69 Å². The third-order valence-corrected chi connectivity index (χ3v) is 2.69. The van der Waals surface area contributed by atoms with Crippen molar-refractivity contribution in [1.29, 1.82) is 0 Å². The second kappa shape index (κ2) is 5.99. The second-order valence-electron chi connectivity index (χ2n) is 4.45. The van der Waals surface area contributed by atoms with E-state index in [2.05, 4.69) is 15.3 Å². The van der Waals surface area contributed by atoms with Crippen molar-refractivity contribution in [3.8, 4) is 5.75 Å². The molecule has 0 aliphatic heterocycles. The van der Waals surface area contributed by atoms with E-state index < -0.39 is 0 Å². The van der Waals surface area contributed by atoms with Gasteiger partial charge in [-0.25, -0.2) is 9.97 Å². The molecular weight excluding hydrogens is 244 g/mol. The maximum Gasteiger partial charge on any atom is 0.273 e. The molecule has 0 aliphatic carbocycles. The number of nitrogens with zero attached hydrogens (tertiary/aromatic N) is 3. The third-order valence-electron chi connectivity index (χ3n) is 2.69. The Labute approximate surface area is 111 Å². The summed E-state index contributed by atoms with van der Waals surface area (Å²) in [5.74, 6) is -0.221. The van der Waals surface area contributed by atoms with Gasteiger partial charge in [0, 0.05) is 31.7 Å². The molecule has 0 radical (unpaired) electrons. The highest BCUT2D eigenvalue weighted by Crippen LogP contribution is 2.12. The van der Waals surface area contributed by atoms with Gasteiger partial charge in [-0.05, 0) is 18.1 Å². The van der Waals surface area contributed by atoms with E-state index in [9.17, 15) is 9.90 Å². The van der Waals surface area contributed by atoms with E-state index in [4.69, 9.17) is 0 Å². The fourth-order valence-corrected chi connectivity index (χ4v) is 1.74. The molecule has 0 saturated carbocycles. The molecule has 1 amide bonds. The van der Waals surface area contributed by atoms with E-state index in [1.165, 1.54) is 12.3 Å². The standard InChI is InChI=1S/C13H16N4O2/c1-10(8-17-6-5-14-9-17)7-16-13(19)12-11(18)3-2-4-15-12/h2-6,9-10,18H,7-8H2,1H3,(H,16,19)/t10-/m1/s1. The Morgan fingerprint density at radius 3 is 3.05 bits per heavy atom. The average molecular weight is 260 g/mol. The molecule has 0 unspecified atom stereocenters. The van der Waals surface area contributed by atoms with Gasteiger partial charge in [0.05, 0.1) is 6.33 Å². The first-order chi connectivity index (χ1) is 9.16. The minimum Gasteiger partial charge on any atom is -0.505 e. The van der Waals surface area contributed by atoms with Crippen LogP contribution in [0.5, 0.6) is 5.75 Å². The maximum absolute atomic E-state index is 11.8. The van der Waals surface area contributed by atoms with Crippen LogP contribution in [0.3, 0.4) is 0 Å². The Balaban J connectivity index is 1.85. The van der Waals surface area contributed by atoms with E-state index >= 15 is 0 Å². The van der Waals surface area contributed by atoms with Gasteiger partial charge in [-0.1, -0.05) is 6.92 Å². The quantitative estimate of drug-likeness (QED) is 0.842. The molecule has 2 aromatic heterocycles. The smallest absolute Gasteiger partial charge is 0.273 e. The highest BCUT2D eigenvalue weighted by molar-refractivity contribution is 5.94. The molecule has 0 saturated heterocycles. The first kappa shape index (κ1) is 13.1. The maximum atomic E-state index is 11.8. The van der Waals surface area contributed by atoms with E-state index in [1.807, 2.05) is 17.7 Å². The number of pyridine rings is 1. The summed E-state index contributed by atoms with van der Waals surface area (Å²) in [6.07, 6.45) is 6.81. The van der Waals surface area contributed by atoms with Crippen LogP contribution in [-0.4, -0.2) is 32.1 Å². The van der Waals surface area contributed by atoms with Crippen molar-refractivity contribution in [2.75, 3.05) is 6.54 Å². The summed E-state index contributed by atoms with van der Waals surface area (Å²) in [4.78, 5) is 19.6. The van der Waals surface area contributed by atoms with Crippen LogP contribution in [0, 0.1) is 5.92 Å². The van der Waals surface area contributed by atoms with Gasteiger partial charge in [-0.2, -0.15) is 0 Å². The zero-order chi connectivity index (χ0) is 13.7. The molecule has 0 aliphatic rings. The number of hydrogen-bond donors (Lipinski definition) is 2. The molecule has 2 aromatic rings. The zero-order valence-corrected chi connectivity index (χ0v) is 10.7. The molecule has 2 rings (SSSR count). The van der Waals surface area contributed by atoms with Crippen LogP contribution in [-0.2, 0) is 6.54 Å². The van der Waals surface area contributed by atoms with E-state index in [0.29, 0.717) is 6.54 Å².